The molecule has 0 bridgehead atoms. The van der Waals surface area contributed by atoms with Crippen molar-refractivity contribution in [3.8, 4) is 6.01 Å². The van der Waals surface area contributed by atoms with E-state index >= 15 is 0 Å². The summed E-state index contributed by atoms with van der Waals surface area (Å²) in [6, 6.07) is 0.608. The van der Waals surface area contributed by atoms with Gasteiger partial charge in [-0.1, -0.05) is 11.6 Å². The van der Waals surface area contributed by atoms with Crippen molar-refractivity contribution in [1.29, 1.82) is 0 Å². The maximum atomic E-state index is 6.12. The van der Waals surface area contributed by atoms with E-state index in [9.17, 15) is 0 Å². The Hall–Kier alpha value is -0.740. The maximum Gasteiger partial charge on any atom is 0.318 e. The third-order valence-electron chi connectivity index (χ3n) is 2.31. The zero-order chi connectivity index (χ0) is 12.8. The van der Waals surface area contributed by atoms with Gasteiger partial charge in [-0.05, 0) is 20.3 Å². The van der Waals surface area contributed by atoms with Gasteiger partial charge in [0.05, 0.1) is 13.3 Å². The molecule has 6 heteroatoms. The van der Waals surface area contributed by atoms with Gasteiger partial charge in [0.15, 0.2) is 5.82 Å². The minimum Gasteiger partial charge on any atom is -0.467 e. The Morgan fingerprint density at radius 1 is 1.47 bits per heavy atom. The monoisotopic (exact) mass is 277 g/mol. The van der Waals surface area contributed by atoms with Crippen LogP contribution in [-0.2, 0) is 0 Å². The van der Waals surface area contributed by atoms with Gasteiger partial charge in [-0.15, -0.1) is 11.6 Å². The molecule has 0 aliphatic rings. The van der Waals surface area contributed by atoms with E-state index in [1.807, 2.05) is 0 Å². The van der Waals surface area contributed by atoms with E-state index in [-0.39, 0.29) is 6.04 Å². The quantitative estimate of drug-likeness (QED) is 0.750. The predicted molar refractivity (Wildman–Crippen MR) is 71.4 cm³/mol. The lowest BCUT2D eigenvalue weighted by atomic mass is 10.3. The second-order valence-corrected chi connectivity index (χ2v) is 4.64. The lowest BCUT2D eigenvalue weighted by Crippen LogP contribution is -2.33. The molecule has 4 nitrogen and oxygen atoms in total. The van der Waals surface area contributed by atoms with Crippen molar-refractivity contribution < 1.29 is 4.74 Å². The predicted octanol–water partition coefficient (Wildman–Crippen LogP) is 2.98. The van der Waals surface area contributed by atoms with E-state index in [1.54, 1.807) is 6.20 Å². The molecule has 0 saturated carbocycles. The number of ether oxygens (including phenoxy) is 1. The van der Waals surface area contributed by atoms with Crippen LogP contribution in [0, 0.1) is 0 Å². The SMILES string of the molecule is COc1ncc(Cl)c(N(CCCCl)C(C)C)n1. The molecule has 0 aliphatic carbocycles. The molecule has 1 heterocycles. The summed E-state index contributed by atoms with van der Waals surface area (Å²) in [4.78, 5) is 10.3. The van der Waals surface area contributed by atoms with Crippen molar-refractivity contribution in [2.75, 3.05) is 24.4 Å². The number of anilines is 1. The normalized spacial score (nSPS) is 10.7. The number of hydrogen-bond donors (Lipinski definition) is 0. The average Bonchev–Trinajstić information content (AvgIpc) is 2.31. The number of hydrogen-bond acceptors (Lipinski definition) is 4. The summed E-state index contributed by atoms with van der Waals surface area (Å²) in [7, 11) is 1.53. The number of methoxy groups -OCH3 is 1. The highest BCUT2D eigenvalue weighted by molar-refractivity contribution is 6.32. The first-order valence-corrected chi connectivity index (χ1v) is 6.40. The van der Waals surface area contributed by atoms with Crippen molar-refractivity contribution >= 4 is 29.0 Å². The first kappa shape index (κ1) is 14.3. The fourth-order valence-corrected chi connectivity index (χ4v) is 1.80. The van der Waals surface area contributed by atoms with Crippen LogP contribution in [-0.4, -0.2) is 35.5 Å². The smallest absolute Gasteiger partial charge is 0.318 e. The molecule has 1 aromatic heterocycles. The van der Waals surface area contributed by atoms with Crippen molar-refractivity contribution in [1.82, 2.24) is 9.97 Å². The van der Waals surface area contributed by atoms with Crippen molar-refractivity contribution in [3.05, 3.63) is 11.2 Å². The summed E-state index contributed by atoms with van der Waals surface area (Å²) in [5.41, 5.74) is 0. The Morgan fingerprint density at radius 3 is 2.71 bits per heavy atom. The lowest BCUT2D eigenvalue weighted by Gasteiger charge is -2.28. The van der Waals surface area contributed by atoms with Crippen LogP contribution in [0.2, 0.25) is 5.02 Å². The highest BCUT2D eigenvalue weighted by Crippen LogP contribution is 2.26. The maximum absolute atomic E-state index is 6.12. The highest BCUT2D eigenvalue weighted by atomic mass is 35.5. The largest absolute Gasteiger partial charge is 0.467 e. The average molecular weight is 278 g/mol. The van der Waals surface area contributed by atoms with E-state index in [4.69, 9.17) is 27.9 Å². The molecule has 17 heavy (non-hydrogen) atoms. The van der Waals surface area contributed by atoms with Crippen LogP contribution in [0.5, 0.6) is 6.01 Å². The minimum atomic E-state index is 0.287. The van der Waals surface area contributed by atoms with Crippen LogP contribution in [0.15, 0.2) is 6.20 Å². The molecule has 0 spiro atoms. The second-order valence-electron chi connectivity index (χ2n) is 3.86. The molecule has 0 fully saturated rings. The molecule has 0 N–H and O–H groups in total. The van der Waals surface area contributed by atoms with Crippen LogP contribution in [0.4, 0.5) is 5.82 Å². The number of halogens is 2. The number of nitrogens with zero attached hydrogens (tertiary/aromatic N) is 3. The van der Waals surface area contributed by atoms with Gasteiger partial charge in [-0.2, -0.15) is 4.98 Å². The topological polar surface area (TPSA) is 38.2 Å². The molecule has 0 amide bonds. The van der Waals surface area contributed by atoms with Gasteiger partial charge in [0.2, 0.25) is 0 Å². The standard InChI is InChI=1S/C11H17Cl2N3O/c1-8(2)16(6-4-5-12)10-9(13)7-14-11(15-10)17-3/h7-8H,4-6H2,1-3H3. The van der Waals surface area contributed by atoms with E-state index in [0.717, 1.165) is 13.0 Å². The summed E-state index contributed by atoms with van der Waals surface area (Å²) in [6.45, 7) is 4.97. The fraction of sp³-hybridized carbons (Fsp3) is 0.636. The second kappa shape index (κ2) is 6.87. The summed E-state index contributed by atoms with van der Waals surface area (Å²) in [5.74, 6) is 1.31. The molecule has 1 aromatic rings. The van der Waals surface area contributed by atoms with Gasteiger partial charge < -0.3 is 9.64 Å². The van der Waals surface area contributed by atoms with Crippen LogP contribution in [0.3, 0.4) is 0 Å². The Bertz CT molecular complexity index is 361. The summed E-state index contributed by atoms with van der Waals surface area (Å²) >= 11 is 11.8. The molecule has 1 rings (SSSR count). The molecule has 0 saturated heterocycles. The summed E-state index contributed by atoms with van der Waals surface area (Å²) < 4.78 is 5.01. The van der Waals surface area contributed by atoms with Crippen molar-refractivity contribution in [2.24, 2.45) is 0 Å². The highest BCUT2D eigenvalue weighted by Gasteiger charge is 2.16. The Balaban J connectivity index is 2.99. The van der Waals surface area contributed by atoms with E-state index in [0.29, 0.717) is 22.7 Å². The molecule has 0 atom stereocenters. The van der Waals surface area contributed by atoms with E-state index in [1.165, 1.54) is 7.11 Å². The molecule has 0 unspecified atom stereocenters. The Morgan fingerprint density at radius 2 is 2.18 bits per heavy atom. The molecule has 0 radical (unpaired) electrons. The Kier molecular flexibility index (Phi) is 5.78. The zero-order valence-electron chi connectivity index (χ0n) is 10.3. The molecular weight excluding hydrogens is 261 g/mol. The molecule has 96 valence electrons. The van der Waals surface area contributed by atoms with Crippen LogP contribution < -0.4 is 9.64 Å². The Labute approximate surface area is 112 Å². The van der Waals surface area contributed by atoms with Gasteiger partial charge in [0.25, 0.3) is 0 Å². The first-order chi connectivity index (χ1) is 8.10. The van der Waals surface area contributed by atoms with Crippen molar-refractivity contribution in [2.45, 2.75) is 26.3 Å². The number of rotatable bonds is 6. The number of aromatic nitrogens is 2. The number of alkyl halides is 1. The first-order valence-electron chi connectivity index (χ1n) is 5.49. The van der Waals surface area contributed by atoms with Crippen LogP contribution >= 0.6 is 23.2 Å². The third kappa shape index (κ3) is 3.89. The molecule has 0 aliphatic heterocycles. The molecular formula is C11H17Cl2N3O. The van der Waals surface area contributed by atoms with Gasteiger partial charge in [-0.3, -0.25) is 0 Å². The lowest BCUT2D eigenvalue weighted by molar-refractivity contribution is 0.379. The van der Waals surface area contributed by atoms with E-state index in [2.05, 4.69) is 28.7 Å². The third-order valence-corrected chi connectivity index (χ3v) is 2.85. The van der Waals surface area contributed by atoms with E-state index < -0.39 is 0 Å². The fourth-order valence-electron chi connectivity index (χ4n) is 1.48. The van der Waals surface area contributed by atoms with Gasteiger partial charge in [0, 0.05) is 18.5 Å². The summed E-state index contributed by atoms with van der Waals surface area (Å²) in [6.07, 6.45) is 2.43. The van der Waals surface area contributed by atoms with Crippen LogP contribution in [0.1, 0.15) is 20.3 Å². The van der Waals surface area contributed by atoms with Crippen LogP contribution in [0.25, 0.3) is 0 Å². The van der Waals surface area contributed by atoms with Gasteiger partial charge in [-0.25, -0.2) is 4.98 Å². The molecule has 0 aromatic carbocycles. The van der Waals surface area contributed by atoms with Crippen molar-refractivity contribution in [3.63, 3.8) is 0 Å². The zero-order valence-corrected chi connectivity index (χ0v) is 11.8. The summed E-state index contributed by atoms with van der Waals surface area (Å²) in [5, 5.41) is 0.522. The van der Waals surface area contributed by atoms with Gasteiger partial charge in [0.1, 0.15) is 5.02 Å². The minimum absolute atomic E-state index is 0.287. The van der Waals surface area contributed by atoms with Gasteiger partial charge >= 0.3 is 6.01 Å².